The lowest BCUT2D eigenvalue weighted by Gasteiger charge is -2.21. The van der Waals surface area contributed by atoms with Gasteiger partial charge in [-0.1, -0.05) is 42.4 Å². The van der Waals surface area contributed by atoms with Crippen molar-refractivity contribution in [2.24, 2.45) is 0 Å². The van der Waals surface area contributed by atoms with Crippen LogP contribution in [0.25, 0.3) is 0 Å². The summed E-state index contributed by atoms with van der Waals surface area (Å²) in [7, 11) is 0. The molecule has 0 N–H and O–H groups in total. The van der Waals surface area contributed by atoms with E-state index >= 15 is 0 Å². The molecule has 0 radical (unpaired) electrons. The molecule has 1 unspecified atom stereocenters. The fraction of sp³-hybridized carbons (Fsp3) is 0.312. The van der Waals surface area contributed by atoms with E-state index in [-0.39, 0.29) is 12.4 Å². The quantitative estimate of drug-likeness (QED) is 0.612. The van der Waals surface area contributed by atoms with Crippen molar-refractivity contribution in [1.29, 1.82) is 0 Å². The average molecular weight is 328 g/mol. The summed E-state index contributed by atoms with van der Waals surface area (Å²) >= 11 is 0. The van der Waals surface area contributed by atoms with Crippen molar-refractivity contribution in [3.63, 3.8) is 0 Å². The van der Waals surface area contributed by atoms with Crippen LogP contribution in [0.2, 0.25) is 0 Å². The normalized spacial score (nSPS) is 16.2. The second kappa shape index (κ2) is 6.23. The Bertz CT molecular complexity index is 786. The molecule has 0 spiro atoms. The molecule has 1 aromatic heterocycles. The maximum Gasteiger partial charge on any atom is 0.335 e. The molecule has 0 saturated carbocycles. The molecule has 1 aliphatic rings. The van der Waals surface area contributed by atoms with Crippen molar-refractivity contribution in [2.75, 3.05) is 0 Å². The number of aromatic nitrogens is 2. The van der Waals surface area contributed by atoms with E-state index in [1.165, 1.54) is 0 Å². The van der Waals surface area contributed by atoms with Gasteiger partial charge in [0.1, 0.15) is 6.54 Å². The Labute approximate surface area is 138 Å². The maximum absolute atomic E-state index is 12.5. The number of hydrogen-bond donors (Lipinski definition) is 0. The molecule has 0 aliphatic carbocycles. The van der Waals surface area contributed by atoms with Crippen LogP contribution in [0, 0.1) is 0 Å². The molecule has 8 heteroatoms. The van der Waals surface area contributed by atoms with Crippen LogP contribution in [0.5, 0.6) is 0 Å². The topological polar surface area (TPSA) is 96.6 Å². The first kappa shape index (κ1) is 15.9. The zero-order valence-electron chi connectivity index (χ0n) is 13.3. The van der Waals surface area contributed by atoms with Crippen LogP contribution in [0.4, 0.5) is 4.79 Å². The summed E-state index contributed by atoms with van der Waals surface area (Å²) in [5, 5.41) is 3.71. The number of imide groups is 2. The van der Waals surface area contributed by atoms with Crippen LogP contribution in [0.3, 0.4) is 0 Å². The summed E-state index contributed by atoms with van der Waals surface area (Å²) in [5.41, 5.74) is 0.764. The van der Waals surface area contributed by atoms with E-state index in [2.05, 4.69) is 10.1 Å². The largest absolute Gasteiger partial charge is 0.337 e. The van der Waals surface area contributed by atoms with Crippen molar-refractivity contribution in [3.05, 3.63) is 47.6 Å². The molecule has 24 heavy (non-hydrogen) atoms. The van der Waals surface area contributed by atoms with Crippen LogP contribution in [-0.2, 0) is 22.6 Å². The summed E-state index contributed by atoms with van der Waals surface area (Å²) in [4.78, 5) is 42.8. The third-order valence-electron chi connectivity index (χ3n) is 3.87. The number of aryl methyl sites for hydroxylation is 1. The Kier molecular flexibility index (Phi) is 4.11. The number of carbonyl (C=O) groups is 3. The Morgan fingerprint density at radius 1 is 1.12 bits per heavy atom. The third-order valence-corrected chi connectivity index (χ3v) is 3.87. The van der Waals surface area contributed by atoms with E-state index in [0.29, 0.717) is 12.2 Å². The standard InChI is InChI=1S/C16H16N4O4/c1-3-12-17-13(24-18-12)9-19-14(21)15(22)20(16(19)23)10(2)11-7-5-4-6-8-11/h4-8,10H,3,9H2,1-2H3. The zero-order valence-corrected chi connectivity index (χ0v) is 13.3. The van der Waals surface area contributed by atoms with Gasteiger partial charge in [0.05, 0.1) is 6.04 Å². The lowest BCUT2D eigenvalue weighted by molar-refractivity contribution is -0.144. The highest BCUT2D eigenvalue weighted by atomic mass is 16.5. The maximum atomic E-state index is 12.5. The highest BCUT2D eigenvalue weighted by molar-refractivity contribution is 6.44. The fourth-order valence-corrected chi connectivity index (χ4v) is 2.52. The van der Waals surface area contributed by atoms with Crippen LogP contribution < -0.4 is 0 Å². The molecule has 1 fully saturated rings. The molecule has 0 bridgehead atoms. The monoisotopic (exact) mass is 328 g/mol. The molecular formula is C16H16N4O4. The Morgan fingerprint density at radius 2 is 1.83 bits per heavy atom. The van der Waals surface area contributed by atoms with Gasteiger partial charge in [-0.15, -0.1) is 0 Å². The smallest absolute Gasteiger partial charge is 0.335 e. The van der Waals surface area contributed by atoms with E-state index in [1.807, 2.05) is 13.0 Å². The summed E-state index contributed by atoms with van der Waals surface area (Å²) in [6, 6.07) is 7.81. The first-order chi connectivity index (χ1) is 11.5. The molecule has 8 nitrogen and oxygen atoms in total. The van der Waals surface area contributed by atoms with Gasteiger partial charge in [-0.2, -0.15) is 4.98 Å². The minimum atomic E-state index is -0.890. The summed E-state index contributed by atoms with van der Waals surface area (Å²) in [6.45, 7) is 3.34. The highest BCUT2D eigenvalue weighted by Gasteiger charge is 2.47. The number of nitrogens with zero attached hydrogens (tertiary/aromatic N) is 4. The lowest BCUT2D eigenvalue weighted by atomic mass is 10.1. The fourth-order valence-electron chi connectivity index (χ4n) is 2.52. The molecule has 3 rings (SSSR count). The molecule has 2 heterocycles. The van der Waals surface area contributed by atoms with Crippen molar-refractivity contribution in [1.82, 2.24) is 19.9 Å². The summed E-state index contributed by atoms with van der Waals surface area (Å²) < 4.78 is 4.99. The SMILES string of the molecule is CCc1noc(CN2C(=O)C(=O)N(C(C)c3ccccc3)C2=O)n1. The molecular weight excluding hydrogens is 312 g/mol. The lowest BCUT2D eigenvalue weighted by Crippen LogP contribution is -2.35. The number of carbonyl (C=O) groups excluding carboxylic acids is 3. The van der Waals surface area contributed by atoms with Gasteiger partial charge in [-0.25, -0.2) is 14.6 Å². The molecule has 1 saturated heterocycles. The van der Waals surface area contributed by atoms with Gasteiger partial charge in [0, 0.05) is 6.42 Å². The van der Waals surface area contributed by atoms with Gasteiger partial charge in [-0.05, 0) is 12.5 Å². The number of urea groups is 1. The predicted molar refractivity (Wildman–Crippen MR) is 81.3 cm³/mol. The number of amides is 4. The number of benzene rings is 1. The minimum Gasteiger partial charge on any atom is -0.337 e. The van der Waals surface area contributed by atoms with Gasteiger partial charge < -0.3 is 4.52 Å². The first-order valence-electron chi connectivity index (χ1n) is 7.58. The van der Waals surface area contributed by atoms with E-state index in [1.54, 1.807) is 31.2 Å². The van der Waals surface area contributed by atoms with Crippen LogP contribution in [-0.4, -0.2) is 37.8 Å². The average Bonchev–Trinajstić information content (AvgIpc) is 3.14. The second-order valence-corrected chi connectivity index (χ2v) is 5.39. The predicted octanol–water partition coefficient (Wildman–Crippen LogP) is 1.68. The van der Waals surface area contributed by atoms with Crippen molar-refractivity contribution >= 4 is 17.8 Å². The van der Waals surface area contributed by atoms with E-state index in [9.17, 15) is 14.4 Å². The van der Waals surface area contributed by atoms with Crippen molar-refractivity contribution < 1.29 is 18.9 Å². The Balaban J connectivity index is 1.82. The number of rotatable bonds is 5. The van der Waals surface area contributed by atoms with E-state index < -0.39 is 23.9 Å². The zero-order chi connectivity index (χ0) is 17.3. The Hall–Kier alpha value is -3.03. The first-order valence-corrected chi connectivity index (χ1v) is 7.58. The number of hydrogen-bond acceptors (Lipinski definition) is 6. The van der Waals surface area contributed by atoms with E-state index in [0.717, 1.165) is 15.4 Å². The molecule has 1 aliphatic heterocycles. The van der Waals surface area contributed by atoms with Gasteiger partial charge in [0.2, 0.25) is 5.89 Å². The van der Waals surface area contributed by atoms with E-state index in [4.69, 9.17) is 4.52 Å². The van der Waals surface area contributed by atoms with Gasteiger partial charge in [-0.3, -0.25) is 9.59 Å². The van der Waals surface area contributed by atoms with Crippen LogP contribution in [0.15, 0.2) is 34.9 Å². The van der Waals surface area contributed by atoms with Crippen LogP contribution >= 0.6 is 0 Å². The van der Waals surface area contributed by atoms with Gasteiger partial charge in [0.25, 0.3) is 0 Å². The highest BCUT2D eigenvalue weighted by Crippen LogP contribution is 2.26. The second-order valence-electron chi connectivity index (χ2n) is 5.39. The Morgan fingerprint density at radius 3 is 2.46 bits per heavy atom. The molecule has 2 aromatic rings. The third kappa shape index (κ3) is 2.66. The molecule has 124 valence electrons. The molecule has 1 atom stereocenters. The van der Waals surface area contributed by atoms with Crippen molar-refractivity contribution in [2.45, 2.75) is 32.9 Å². The minimum absolute atomic E-state index is 0.121. The molecule has 4 amide bonds. The molecule has 1 aromatic carbocycles. The summed E-state index contributed by atoms with van der Waals surface area (Å²) in [6.07, 6.45) is 0.571. The summed E-state index contributed by atoms with van der Waals surface area (Å²) in [5.74, 6) is -1.15. The van der Waals surface area contributed by atoms with Crippen molar-refractivity contribution in [3.8, 4) is 0 Å². The van der Waals surface area contributed by atoms with Crippen LogP contribution in [0.1, 0.15) is 37.2 Å². The van der Waals surface area contributed by atoms with Gasteiger partial charge in [0.15, 0.2) is 5.82 Å². The van der Waals surface area contributed by atoms with Gasteiger partial charge >= 0.3 is 17.8 Å².